The summed E-state index contributed by atoms with van der Waals surface area (Å²) in [7, 11) is 0. The number of hydrogen-bond donors (Lipinski definition) is 2. The van der Waals surface area contributed by atoms with Crippen LogP contribution in [0.25, 0.3) is 0 Å². The number of rotatable bonds is 4. The zero-order chi connectivity index (χ0) is 15.5. The molecule has 6 heteroatoms. The minimum atomic E-state index is -0.0992. The van der Waals surface area contributed by atoms with Gasteiger partial charge in [-0.3, -0.25) is 9.59 Å². The average Bonchev–Trinajstić information content (AvgIpc) is 3.06. The van der Waals surface area contributed by atoms with Crippen molar-refractivity contribution in [1.82, 2.24) is 5.32 Å². The molecule has 1 aliphatic heterocycles. The lowest BCUT2D eigenvalue weighted by molar-refractivity contribution is -0.122. The lowest BCUT2D eigenvalue weighted by Gasteiger charge is -2.19. The summed E-state index contributed by atoms with van der Waals surface area (Å²) < 4.78 is 0. The molecule has 1 aliphatic carbocycles. The minimum absolute atomic E-state index is 0. The first-order valence-electron chi connectivity index (χ1n) is 8.04. The maximum atomic E-state index is 12.2. The summed E-state index contributed by atoms with van der Waals surface area (Å²) in [6, 6.07) is 9.63. The Hall–Kier alpha value is -1.59. The van der Waals surface area contributed by atoms with Crippen LogP contribution in [0.2, 0.25) is 0 Å². The minimum Gasteiger partial charge on any atom is -0.351 e. The third-order valence-electron chi connectivity index (χ3n) is 4.72. The van der Waals surface area contributed by atoms with Crippen LogP contribution in [-0.2, 0) is 9.59 Å². The molecule has 3 rings (SSSR count). The average molecular weight is 338 g/mol. The monoisotopic (exact) mass is 337 g/mol. The second-order valence-electron chi connectivity index (χ2n) is 6.37. The number of nitrogens with zero attached hydrogens (tertiary/aromatic N) is 1. The summed E-state index contributed by atoms with van der Waals surface area (Å²) >= 11 is 0. The first-order valence-corrected chi connectivity index (χ1v) is 8.04. The number of anilines is 1. The molecule has 2 aliphatic rings. The van der Waals surface area contributed by atoms with Crippen LogP contribution in [0.3, 0.4) is 0 Å². The molecule has 1 saturated carbocycles. The number of benzene rings is 1. The van der Waals surface area contributed by atoms with Crippen molar-refractivity contribution >= 4 is 29.9 Å². The molecule has 126 valence electrons. The number of halogens is 1. The third kappa shape index (κ3) is 4.24. The van der Waals surface area contributed by atoms with Crippen LogP contribution in [0, 0.1) is 5.92 Å². The zero-order valence-corrected chi connectivity index (χ0v) is 13.9. The van der Waals surface area contributed by atoms with Crippen LogP contribution in [0.15, 0.2) is 30.3 Å². The molecule has 0 radical (unpaired) electrons. The van der Waals surface area contributed by atoms with Crippen LogP contribution in [0.5, 0.6) is 0 Å². The number of nitrogens with one attached hydrogen (secondary N) is 1. The molecule has 5 nitrogen and oxygen atoms in total. The lowest BCUT2D eigenvalue weighted by Crippen LogP contribution is -2.39. The second kappa shape index (κ2) is 7.79. The summed E-state index contributed by atoms with van der Waals surface area (Å²) in [6.07, 6.45) is 4.02. The van der Waals surface area contributed by atoms with Gasteiger partial charge >= 0.3 is 0 Å². The Balaban J connectivity index is 0.00000192. The van der Waals surface area contributed by atoms with Gasteiger partial charge < -0.3 is 16.0 Å². The molecule has 3 atom stereocenters. The SMILES string of the molecule is Cl.N[C@@H]1CCC[C@H]1CC(=O)NC1CC(=O)N(c2ccccc2)C1. The molecule has 3 N–H and O–H groups in total. The van der Waals surface area contributed by atoms with E-state index in [1.54, 1.807) is 4.90 Å². The van der Waals surface area contributed by atoms with Crippen molar-refractivity contribution in [2.75, 3.05) is 11.4 Å². The molecule has 2 amide bonds. The normalized spacial score (nSPS) is 26.9. The standard InChI is InChI=1S/C17H23N3O2.ClH/c18-15-8-4-5-12(15)9-16(21)19-13-10-17(22)20(11-13)14-6-2-1-3-7-14;/h1-3,6-7,12-13,15H,4-5,8-11,18H2,(H,19,21);1H/t12-,13?,15+;/m0./s1. The van der Waals surface area contributed by atoms with E-state index in [2.05, 4.69) is 5.32 Å². The molecule has 0 bridgehead atoms. The van der Waals surface area contributed by atoms with E-state index in [0.717, 1.165) is 24.9 Å². The second-order valence-corrected chi connectivity index (χ2v) is 6.37. The quantitative estimate of drug-likeness (QED) is 0.880. The molecular weight excluding hydrogens is 314 g/mol. The molecule has 1 heterocycles. The Labute approximate surface area is 143 Å². The van der Waals surface area contributed by atoms with E-state index in [-0.39, 0.29) is 36.3 Å². The number of nitrogens with two attached hydrogens (primary N) is 1. The van der Waals surface area contributed by atoms with Crippen LogP contribution in [0.4, 0.5) is 5.69 Å². The van der Waals surface area contributed by atoms with E-state index in [4.69, 9.17) is 5.73 Å². The van der Waals surface area contributed by atoms with Gasteiger partial charge in [0.2, 0.25) is 11.8 Å². The summed E-state index contributed by atoms with van der Waals surface area (Å²) in [5.41, 5.74) is 6.90. The van der Waals surface area contributed by atoms with Gasteiger partial charge in [-0.2, -0.15) is 0 Å². The summed E-state index contributed by atoms with van der Waals surface area (Å²) in [6.45, 7) is 0.547. The van der Waals surface area contributed by atoms with Crippen molar-refractivity contribution in [2.24, 2.45) is 11.7 Å². The van der Waals surface area contributed by atoms with Crippen molar-refractivity contribution in [3.05, 3.63) is 30.3 Å². The van der Waals surface area contributed by atoms with E-state index in [0.29, 0.717) is 25.3 Å². The fourth-order valence-corrected chi connectivity index (χ4v) is 3.51. The van der Waals surface area contributed by atoms with Crippen LogP contribution in [-0.4, -0.2) is 30.4 Å². The van der Waals surface area contributed by atoms with E-state index in [1.165, 1.54) is 0 Å². The predicted octanol–water partition coefficient (Wildman–Crippen LogP) is 1.85. The van der Waals surface area contributed by atoms with E-state index < -0.39 is 0 Å². The maximum absolute atomic E-state index is 12.2. The van der Waals surface area contributed by atoms with Gasteiger partial charge in [-0.25, -0.2) is 0 Å². The van der Waals surface area contributed by atoms with Gasteiger partial charge in [0.05, 0.1) is 6.04 Å². The predicted molar refractivity (Wildman–Crippen MR) is 92.5 cm³/mol. The highest BCUT2D eigenvalue weighted by Crippen LogP contribution is 2.27. The van der Waals surface area contributed by atoms with Crippen molar-refractivity contribution in [2.45, 2.75) is 44.2 Å². The first kappa shape index (κ1) is 17.8. The van der Waals surface area contributed by atoms with E-state index >= 15 is 0 Å². The zero-order valence-electron chi connectivity index (χ0n) is 13.1. The van der Waals surface area contributed by atoms with Gasteiger partial charge in [0.15, 0.2) is 0 Å². The molecular formula is C17H24ClN3O2. The fraction of sp³-hybridized carbons (Fsp3) is 0.529. The molecule has 0 aromatic heterocycles. The lowest BCUT2D eigenvalue weighted by atomic mass is 9.99. The molecule has 2 fully saturated rings. The Morgan fingerprint density at radius 2 is 2.00 bits per heavy atom. The smallest absolute Gasteiger partial charge is 0.229 e. The molecule has 1 unspecified atom stereocenters. The summed E-state index contributed by atoms with van der Waals surface area (Å²) in [4.78, 5) is 26.0. The van der Waals surface area contributed by atoms with Crippen molar-refractivity contribution < 1.29 is 9.59 Å². The highest BCUT2D eigenvalue weighted by Gasteiger charge is 2.32. The van der Waals surface area contributed by atoms with Gasteiger partial charge in [-0.1, -0.05) is 24.6 Å². The van der Waals surface area contributed by atoms with Gasteiger partial charge in [-0.05, 0) is 30.9 Å². The molecule has 1 aromatic carbocycles. The van der Waals surface area contributed by atoms with Crippen LogP contribution >= 0.6 is 12.4 Å². The van der Waals surface area contributed by atoms with Crippen molar-refractivity contribution in [1.29, 1.82) is 0 Å². The first-order chi connectivity index (χ1) is 10.6. The van der Waals surface area contributed by atoms with Gasteiger partial charge in [0.25, 0.3) is 0 Å². The van der Waals surface area contributed by atoms with Gasteiger partial charge in [0, 0.05) is 31.1 Å². The molecule has 0 spiro atoms. The summed E-state index contributed by atoms with van der Waals surface area (Å²) in [5.74, 6) is 0.381. The number of para-hydroxylation sites is 1. The number of carbonyl (C=O) groups excluding carboxylic acids is 2. The fourth-order valence-electron chi connectivity index (χ4n) is 3.51. The number of carbonyl (C=O) groups is 2. The maximum Gasteiger partial charge on any atom is 0.229 e. The Bertz CT molecular complexity index is 552. The Kier molecular flexibility index (Phi) is 6.02. The highest BCUT2D eigenvalue weighted by atomic mass is 35.5. The van der Waals surface area contributed by atoms with Crippen molar-refractivity contribution in [3.8, 4) is 0 Å². The molecule has 1 aromatic rings. The summed E-state index contributed by atoms with van der Waals surface area (Å²) in [5, 5.41) is 3.00. The number of amides is 2. The Morgan fingerprint density at radius 1 is 1.26 bits per heavy atom. The van der Waals surface area contributed by atoms with Crippen molar-refractivity contribution in [3.63, 3.8) is 0 Å². The third-order valence-corrected chi connectivity index (χ3v) is 4.72. The molecule has 23 heavy (non-hydrogen) atoms. The molecule has 1 saturated heterocycles. The van der Waals surface area contributed by atoms with E-state index in [1.807, 2.05) is 30.3 Å². The van der Waals surface area contributed by atoms with E-state index in [9.17, 15) is 9.59 Å². The largest absolute Gasteiger partial charge is 0.351 e. The van der Waals surface area contributed by atoms with Gasteiger partial charge in [-0.15, -0.1) is 12.4 Å². The highest BCUT2D eigenvalue weighted by molar-refractivity contribution is 5.96. The van der Waals surface area contributed by atoms with Gasteiger partial charge in [0.1, 0.15) is 0 Å². The Morgan fingerprint density at radius 3 is 2.65 bits per heavy atom. The van der Waals surface area contributed by atoms with Crippen LogP contribution < -0.4 is 16.0 Å². The number of hydrogen-bond acceptors (Lipinski definition) is 3. The van der Waals surface area contributed by atoms with Crippen LogP contribution in [0.1, 0.15) is 32.1 Å². The topological polar surface area (TPSA) is 75.4 Å².